The summed E-state index contributed by atoms with van der Waals surface area (Å²) in [7, 11) is 1.70. The zero-order chi connectivity index (χ0) is 15.5. The van der Waals surface area contributed by atoms with Crippen LogP contribution in [0.4, 0.5) is 0 Å². The van der Waals surface area contributed by atoms with Crippen LogP contribution >= 0.6 is 11.6 Å². The van der Waals surface area contributed by atoms with Crippen molar-refractivity contribution in [2.45, 2.75) is 25.1 Å². The molecular formula is C16H19ClN2O3. The Labute approximate surface area is 134 Å². The Kier molecular flexibility index (Phi) is 4.78. The topological polar surface area (TPSA) is 58.7 Å². The molecule has 0 unspecified atom stereocenters. The van der Waals surface area contributed by atoms with Crippen LogP contribution in [-0.2, 0) is 11.3 Å². The van der Waals surface area contributed by atoms with Crippen molar-refractivity contribution >= 4 is 11.6 Å². The molecule has 1 aliphatic heterocycles. The van der Waals surface area contributed by atoms with Crippen LogP contribution in [0.25, 0.3) is 11.3 Å². The number of methoxy groups -OCH3 is 1. The van der Waals surface area contributed by atoms with E-state index in [4.69, 9.17) is 20.9 Å². The zero-order valence-electron chi connectivity index (χ0n) is 12.4. The molecule has 0 bridgehead atoms. The van der Waals surface area contributed by atoms with Crippen molar-refractivity contribution in [3.05, 3.63) is 41.1 Å². The maximum atomic E-state index is 9.48. The zero-order valence-corrected chi connectivity index (χ0v) is 13.2. The molecule has 1 N–H and O–H groups in total. The maximum Gasteiger partial charge on any atom is 0.151 e. The molecule has 5 nitrogen and oxygen atoms in total. The number of hydrogen-bond donors (Lipinski definition) is 1. The van der Waals surface area contributed by atoms with E-state index >= 15 is 0 Å². The number of hydrogen-bond acceptors (Lipinski definition) is 5. The van der Waals surface area contributed by atoms with E-state index in [0.29, 0.717) is 11.6 Å². The standard InChI is InChI=1S/C16H19ClN2O3/c1-21-14-6-13(10-20)19(8-14)9-15-7-16(18-22-15)11-2-4-12(17)5-3-11/h2-5,7,13-14,20H,6,8-10H2,1H3/t13-,14-/m0/s1. The second kappa shape index (κ2) is 6.79. The third-order valence-electron chi connectivity index (χ3n) is 4.09. The summed E-state index contributed by atoms with van der Waals surface area (Å²) in [5.41, 5.74) is 1.75. The second-order valence-electron chi connectivity index (χ2n) is 5.54. The minimum atomic E-state index is 0.106. The van der Waals surface area contributed by atoms with E-state index < -0.39 is 0 Å². The first-order chi connectivity index (χ1) is 10.7. The SMILES string of the molecule is CO[C@H]1C[C@@H](CO)N(Cc2cc(-c3ccc(Cl)cc3)no2)C1. The smallest absolute Gasteiger partial charge is 0.151 e. The minimum Gasteiger partial charge on any atom is -0.395 e. The second-order valence-corrected chi connectivity index (χ2v) is 5.98. The number of nitrogens with zero attached hydrogens (tertiary/aromatic N) is 2. The van der Waals surface area contributed by atoms with Crippen LogP contribution in [0, 0.1) is 0 Å². The van der Waals surface area contributed by atoms with E-state index in [1.54, 1.807) is 7.11 Å². The Balaban J connectivity index is 1.70. The highest BCUT2D eigenvalue weighted by atomic mass is 35.5. The van der Waals surface area contributed by atoms with Crippen LogP contribution in [0.5, 0.6) is 0 Å². The van der Waals surface area contributed by atoms with Crippen molar-refractivity contribution in [1.82, 2.24) is 10.1 Å². The average molecular weight is 323 g/mol. The van der Waals surface area contributed by atoms with Gasteiger partial charge in [-0.15, -0.1) is 0 Å². The first kappa shape index (κ1) is 15.5. The summed E-state index contributed by atoms with van der Waals surface area (Å²) >= 11 is 5.89. The molecule has 0 saturated carbocycles. The van der Waals surface area contributed by atoms with E-state index in [-0.39, 0.29) is 18.8 Å². The van der Waals surface area contributed by atoms with Crippen LogP contribution in [0.15, 0.2) is 34.9 Å². The number of likely N-dealkylation sites (tertiary alicyclic amines) is 1. The third kappa shape index (κ3) is 3.33. The molecule has 1 aromatic heterocycles. The quantitative estimate of drug-likeness (QED) is 0.917. The van der Waals surface area contributed by atoms with Crippen molar-refractivity contribution in [3.8, 4) is 11.3 Å². The predicted octanol–water partition coefficient (Wildman–Crippen LogP) is 2.58. The molecule has 2 atom stereocenters. The fourth-order valence-electron chi connectivity index (χ4n) is 2.84. The molecule has 1 saturated heterocycles. The number of aliphatic hydroxyl groups is 1. The largest absolute Gasteiger partial charge is 0.395 e. The predicted molar refractivity (Wildman–Crippen MR) is 83.6 cm³/mol. The van der Waals surface area contributed by atoms with Gasteiger partial charge in [0.2, 0.25) is 0 Å². The summed E-state index contributed by atoms with van der Waals surface area (Å²) < 4.78 is 10.8. The number of benzene rings is 1. The highest BCUT2D eigenvalue weighted by Gasteiger charge is 2.32. The van der Waals surface area contributed by atoms with Gasteiger partial charge in [-0.3, -0.25) is 4.90 Å². The van der Waals surface area contributed by atoms with Crippen LogP contribution < -0.4 is 0 Å². The van der Waals surface area contributed by atoms with Crippen LogP contribution in [-0.4, -0.2) is 47.6 Å². The first-order valence-corrected chi connectivity index (χ1v) is 7.66. The summed E-state index contributed by atoms with van der Waals surface area (Å²) in [4.78, 5) is 2.17. The summed E-state index contributed by atoms with van der Waals surface area (Å²) in [5.74, 6) is 0.778. The Morgan fingerprint density at radius 3 is 2.86 bits per heavy atom. The molecule has 3 rings (SSSR count). The highest BCUT2D eigenvalue weighted by molar-refractivity contribution is 6.30. The number of aromatic nitrogens is 1. The average Bonchev–Trinajstić information content (AvgIpc) is 3.15. The molecular weight excluding hydrogens is 304 g/mol. The van der Waals surface area contributed by atoms with Gasteiger partial charge in [0.25, 0.3) is 0 Å². The maximum absolute atomic E-state index is 9.48. The Bertz CT molecular complexity index is 614. The van der Waals surface area contributed by atoms with E-state index in [0.717, 1.165) is 30.0 Å². The molecule has 0 spiro atoms. The summed E-state index contributed by atoms with van der Waals surface area (Å²) in [6, 6.07) is 9.52. The number of rotatable bonds is 5. The molecule has 0 aliphatic carbocycles. The van der Waals surface area contributed by atoms with Gasteiger partial charge in [-0.2, -0.15) is 0 Å². The molecule has 1 fully saturated rings. The third-order valence-corrected chi connectivity index (χ3v) is 4.34. The monoisotopic (exact) mass is 322 g/mol. The lowest BCUT2D eigenvalue weighted by Crippen LogP contribution is -2.31. The normalized spacial score (nSPS) is 22.3. The minimum absolute atomic E-state index is 0.106. The molecule has 1 aromatic carbocycles. The van der Waals surface area contributed by atoms with Crippen molar-refractivity contribution < 1.29 is 14.4 Å². The number of ether oxygens (including phenoxy) is 1. The van der Waals surface area contributed by atoms with Gasteiger partial charge < -0.3 is 14.4 Å². The lowest BCUT2D eigenvalue weighted by molar-refractivity contribution is 0.105. The summed E-state index contributed by atoms with van der Waals surface area (Å²) in [6.07, 6.45) is 1.00. The van der Waals surface area contributed by atoms with E-state index in [9.17, 15) is 5.11 Å². The van der Waals surface area contributed by atoms with E-state index in [1.807, 2.05) is 30.3 Å². The van der Waals surface area contributed by atoms with Gasteiger partial charge in [-0.05, 0) is 18.6 Å². The highest BCUT2D eigenvalue weighted by Crippen LogP contribution is 2.25. The summed E-state index contributed by atoms with van der Waals surface area (Å²) in [6.45, 7) is 1.53. The summed E-state index contributed by atoms with van der Waals surface area (Å²) in [5, 5.41) is 14.3. The molecule has 6 heteroatoms. The Morgan fingerprint density at radius 2 is 2.18 bits per heavy atom. The van der Waals surface area contributed by atoms with Crippen LogP contribution in [0.2, 0.25) is 5.02 Å². The van der Waals surface area contributed by atoms with Crippen molar-refractivity contribution in [1.29, 1.82) is 0 Å². The fourth-order valence-corrected chi connectivity index (χ4v) is 2.96. The number of aliphatic hydroxyl groups excluding tert-OH is 1. The lowest BCUT2D eigenvalue weighted by Gasteiger charge is -2.20. The van der Waals surface area contributed by atoms with E-state index in [1.165, 1.54) is 0 Å². The molecule has 22 heavy (non-hydrogen) atoms. The Hall–Kier alpha value is -1.40. The molecule has 2 heterocycles. The lowest BCUT2D eigenvalue weighted by atomic mass is 10.1. The fraction of sp³-hybridized carbons (Fsp3) is 0.438. The first-order valence-electron chi connectivity index (χ1n) is 7.29. The van der Waals surface area contributed by atoms with Crippen molar-refractivity contribution in [3.63, 3.8) is 0 Å². The van der Waals surface area contributed by atoms with Gasteiger partial charge in [0, 0.05) is 36.3 Å². The van der Waals surface area contributed by atoms with Crippen LogP contribution in [0.1, 0.15) is 12.2 Å². The molecule has 0 radical (unpaired) electrons. The van der Waals surface area contributed by atoms with Crippen molar-refractivity contribution in [2.75, 3.05) is 20.3 Å². The van der Waals surface area contributed by atoms with Crippen molar-refractivity contribution in [2.24, 2.45) is 0 Å². The van der Waals surface area contributed by atoms with Gasteiger partial charge >= 0.3 is 0 Å². The van der Waals surface area contributed by atoms with Gasteiger partial charge in [0.1, 0.15) is 5.69 Å². The van der Waals surface area contributed by atoms with Gasteiger partial charge in [-0.25, -0.2) is 0 Å². The molecule has 118 valence electrons. The molecule has 0 amide bonds. The molecule has 1 aliphatic rings. The van der Waals surface area contributed by atoms with Gasteiger partial charge in [0.05, 0.1) is 19.3 Å². The van der Waals surface area contributed by atoms with E-state index in [2.05, 4.69) is 10.1 Å². The van der Waals surface area contributed by atoms with Gasteiger partial charge in [-0.1, -0.05) is 28.9 Å². The number of halogens is 1. The van der Waals surface area contributed by atoms with Gasteiger partial charge in [0.15, 0.2) is 5.76 Å². The molecule has 2 aromatic rings. The Morgan fingerprint density at radius 1 is 1.41 bits per heavy atom. The van der Waals surface area contributed by atoms with Crippen LogP contribution in [0.3, 0.4) is 0 Å².